The van der Waals surface area contributed by atoms with Crippen LogP contribution >= 0.6 is 11.6 Å². The van der Waals surface area contributed by atoms with Gasteiger partial charge in [0.25, 0.3) is 0 Å². The van der Waals surface area contributed by atoms with Gasteiger partial charge < -0.3 is 4.74 Å². The summed E-state index contributed by atoms with van der Waals surface area (Å²) in [5.41, 5.74) is 1.06. The first-order chi connectivity index (χ1) is 6.27. The summed E-state index contributed by atoms with van der Waals surface area (Å²) < 4.78 is 6.93. The van der Waals surface area contributed by atoms with Crippen LogP contribution < -0.4 is 0 Å². The van der Waals surface area contributed by atoms with Crippen molar-refractivity contribution >= 4 is 11.6 Å². The molecule has 0 bridgehead atoms. The monoisotopic (exact) mass is 202 g/mol. The van der Waals surface area contributed by atoms with Crippen molar-refractivity contribution in [2.24, 2.45) is 0 Å². The quantitative estimate of drug-likeness (QED) is 0.685. The zero-order chi connectivity index (χ0) is 9.68. The summed E-state index contributed by atoms with van der Waals surface area (Å²) in [7, 11) is 1.71. The van der Waals surface area contributed by atoms with Gasteiger partial charge in [-0.25, -0.2) is 0 Å². The van der Waals surface area contributed by atoms with Gasteiger partial charge in [0, 0.05) is 25.5 Å². The predicted octanol–water partition coefficient (Wildman–Crippen LogP) is 2.22. The Kier molecular flexibility index (Phi) is 4.25. The Bertz CT molecular complexity index is 250. The van der Waals surface area contributed by atoms with E-state index in [4.69, 9.17) is 16.3 Å². The van der Waals surface area contributed by atoms with Crippen LogP contribution in [-0.2, 0) is 10.6 Å². The number of methoxy groups -OCH3 is 1. The number of hydrogen-bond donors (Lipinski definition) is 0. The van der Waals surface area contributed by atoms with Gasteiger partial charge >= 0.3 is 0 Å². The van der Waals surface area contributed by atoms with Crippen molar-refractivity contribution in [2.45, 2.75) is 25.3 Å². The number of ether oxygens (including phenoxy) is 1. The molecule has 3 nitrogen and oxygen atoms in total. The SMILES string of the molecule is COCCC(C)n1cc(CCl)cn1. The molecular formula is C9H15ClN2O. The lowest BCUT2D eigenvalue weighted by molar-refractivity contribution is 0.178. The molecule has 74 valence electrons. The molecule has 0 aliphatic heterocycles. The molecule has 0 fully saturated rings. The summed E-state index contributed by atoms with van der Waals surface area (Å²) in [6, 6.07) is 0.372. The Balaban J connectivity index is 2.50. The maximum atomic E-state index is 5.67. The zero-order valence-corrected chi connectivity index (χ0v) is 8.79. The lowest BCUT2D eigenvalue weighted by atomic mass is 10.2. The van der Waals surface area contributed by atoms with Crippen LogP contribution in [0.25, 0.3) is 0 Å². The van der Waals surface area contributed by atoms with E-state index in [1.807, 2.05) is 10.9 Å². The minimum Gasteiger partial charge on any atom is -0.385 e. The largest absolute Gasteiger partial charge is 0.385 e. The fourth-order valence-electron chi connectivity index (χ4n) is 1.11. The Hall–Kier alpha value is -0.540. The van der Waals surface area contributed by atoms with Crippen LogP contribution in [0.1, 0.15) is 24.9 Å². The fraction of sp³-hybridized carbons (Fsp3) is 0.667. The molecular weight excluding hydrogens is 188 g/mol. The molecule has 1 atom stereocenters. The lowest BCUT2D eigenvalue weighted by Crippen LogP contribution is -2.08. The number of halogens is 1. The second-order valence-corrected chi connectivity index (χ2v) is 3.36. The molecule has 0 amide bonds. The Morgan fingerprint density at radius 3 is 3.00 bits per heavy atom. The van der Waals surface area contributed by atoms with Crippen molar-refractivity contribution < 1.29 is 4.74 Å². The van der Waals surface area contributed by atoms with E-state index < -0.39 is 0 Å². The molecule has 1 rings (SSSR count). The number of nitrogens with zero attached hydrogens (tertiary/aromatic N) is 2. The first-order valence-electron chi connectivity index (χ1n) is 4.36. The normalized spacial score (nSPS) is 13.2. The first kappa shape index (κ1) is 10.5. The summed E-state index contributed by atoms with van der Waals surface area (Å²) in [4.78, 5) is 0. The third-order valence-electron chi connectivity index (χ3n) is 2.00. The van der Waals surface area contributed by atoms with Gasteiger partial charge in [0.1, 0.15) is 0 Å². The molecule has 0 aromatic carbocycles. The average molecular weight is 203 g/mol. The van der Waals surface area contributed by atoms with Gasteiger partial charge in [-0.05, 0) is 13.3 Å². The third kappa shape index (κ3) is 3.01. The van der Waals surface area contributed by atoms with Gasteiger partial charge in [-0.3, -0.25) is 4.68 Å². The summed E-state index contributed by atoms with van der Waals surface area (Å²) in [5.74, 6) is 0.525. The Labute approximate surface area is 83.6 Å². The topological polar surface area (TPSA) is 27.1 Å². The van der Waals surface area contributed by atoms with Crippen LogP contribution in [0.15, 0.2) is 12.4 Å². The van der Waals surface area contributed by atoms with E-state index in [1.165, 1.54) is 0 Å². The van der Waals surface area contributed by atoms with Crippen LogP contribution in [0.4, 0.5) is 0 Å². The number of hydrogen-bond acceptors (Lipinski definition) is 2. The number of aromatic nitrogens is 2. The molecule has 0 radical (unpaired) electrons. The van der Waals surface area contributed by atoms with E-state index in [-0.39, 0.29) is 0 Å². The smallest absolute Gasteiger partial charge is 0.0534 e. The number of rotatable bonds is 5. The highest BCUT2D eigenvalue weighted by Gasteiger charge is 2.05. The van der Waals surface area contributed by atoms with E-state index in [9.17, 15) is 0 Å². The molecule has 13 heavy (non-hydrogen) atoms. The van der Waals surface area contributed by atoms with E-state index in [1.54, 1.807) is 13.3 Å². The van der Waals surface area contributed by atoms with Crippen LogP contribution in [0.3, 0.4) is 0 Å². The van der Waals surface area contributed by atoms with Crippen molar-refractivity contribution in [2.75, 3.05) is 13.7 Å². The van der Waals surface area contributed by atoms with Gasteiger partial charge in [-0.15, -0.1) is 11.6 Å². The van der Waals surface area contributed by atoms with Crippen LogP contribution in [0.5, 0.6) is 0 Å². The molecule has 1 unspecified atom stereocenters. The third-order valence-corrected chi connectivity index (χ3v) is 2.31. The Morgan fingerprint density at radius 2 is 2.46 bits per heavy atom. The van der Waals surface area contributed by atoms with E-state index in [2.05, 4.69) is 12.0 Å². The molecule has 0 spiro atoms. The molecule has 0 saturated heterocycles. The molecule has 1 heterocycles. The predicted molar refractivity (Wildman–Crippen MR) is 53.0 cm³/mol. The summed E-state index contributed by atoms with van der Waals surface area (Å²) in [6.45, 7) is 2.88. The van der Waals surface area contributed by atoms with Gasteiger partial charge in [0.2, 0.25) is 0 Å². The highest BCUT2D eigenvalue weighted by atomic mass is 35.5. The van der Waals surface area contributed by atoms with Crippen LogP contribution in [0, 0.1) is 0 Å². The van der Waals surface area contributed by atoms with Crippen molar-refractivity contribution in [3.63, 3.8) is 0 Å². The second kappa shape index (κ2) is 5.25. The van der Waals surface area contributed by atoms with E-state index in [0.717, 1.165) is 18.6 Å². The second-order valence-electron chi connectivity index (χ2n) is 3.09. The summed E-state index contributed by atoms with van der Waals surface area (Å²) >= 11 is 5.67. The molecule has 1 aromatic heterocycles. The number of alkyl halides is 1. The van der Waals surface area contributed by atoms with Crippen LogP contribution in [0.2, 0.25) is 0 Å². The van der Waals surface area contributed by atoms with Crippen molar-refractivity contribution in [3.05, 3.63) is 18.0 Å². The minimum atomic E-state index is 0.372. The van der Waals surface area contributed by atoms with Crippen molar-refractivity contribution in [3.8, 4) is 0 Å². The zero-order valence-electron chi connectivity index (χ0n) is 8.03. The maximum absolute atomic E-state index is 5.67. The summed E-state index contributed by atoms with van der Waals surface area (Å²) in [6.07, 6.45) is 4.75. The van der Waals surface area contributed by atoms with Crippen molar-refractivity contribution in [1.82, 2.24) is 9.78 Å². The van der Waals surface area contributed by atoms with Gasteiger partial charge in [0.15, 0.2) is 0 Å². The van der Waals surface area contributed by atoms with Gasteiger partial charge in [-0.1, -0.05) is 0 Å². The maximum Gasteiger partial charge on any atom is 0.0534 e. The highest BCUT2D eigenvalue weighted by molar-refractivity contribution is 6.17. The van der Waals surface area contributed by atoms with E-state index in [0.29, 0.717) is 11.9 Å². The average Bonchev–Trinajstić information content (AvgIpc) is 2.62. The highest BCUT2D eigenvalue weighted by Crippen LogP contribution is 2.11. The summed E-state index contributed by atoms with van der Waals surface area (Å²) in [5, 5.41) is 4.22. The van der Waals surface area contributed by atoms with Gasteiger partial charge in [-0.2, -0.15) is 5.10 Å². The molecule has 0 aliphatic carbocycles. The molecule has 0 N–H and O–H groups in total. The van der Waals surface area contributed by atoms with E-state index >= 15 is 0 Å². The molecule has 4 heteroatoms. The molecule has 1 aromatic rings. The van der Waals surface area contributed by atoms with Crippen LogP contribution in [-0.4, -0.2) is 23.5 Å². The standard InChI is InChI=1S/C9H15ClN2O/c1-8(3-4-13-2)12-7-9(5-10)6-11-12/h6-8H,3-5H2,1-2H3. The fourth-order valence-corrected chi connectivity index (χ4v) is 1.25. The molecule has 0 aliphatic rings. The lowest BCUT2D eigenvalue weighted by Gasteiger charge is -2.10. The molecule has 0 saturated carbocycles. The Morgan fingerprint density at radius 1 is 1.69 bits per heavy atom. The first-order valence-corrected chi connectivity index (χ1v) is 4.89. The van der Waals surface area contributed by atoms with Crippen molar-refractivity contribution in [1.29, 1.82) is 0 Å². The van der Waals surface area contributed by atoms with Gasteiger partial charge in [0.05, 0.1) is 18.1 Å². The minimum absolute atomic E-state index is 0.372.